The lowest BCUT2D eigenvalue weighted by molar-refractivity contribution is -0.131. The number of nitrogens with zero attached hydrogens (tertiary/aromatic N) is 1. The molecule has 0 saturated carbocycles. The zero-order chi connectivity index (χ0) is 19.8. The van der Waals surface area contributed by atoms with Crippen LogP contribution in [-0.2, 0) is 21.2 Å². The minimum atomic E-state index is -3.94. The Balaban J connectivity index is 1.81. The number of likely N-dealkylation sites (tertiary alicyclic amines) is 1. The number of primary sulfonamides is 1. The van der Waals surface area contributed by atoms with Gasteiger partial charge in [0, 0.05) is 32.0 Å². The zero-order valence-corrected chi connectivity index (χ0v) is 16.3. The lowest BCUT2D eigenvalue weighted by Gasteiger charge is -2.24. The number of hydrogen-bond donors (Lipinski definition) is 2. The fourth-order valence-corrected chi connectivity index (χ4v) is 4.31. The quantitative estimate of drug-likeness (QED) is 0.764. The van der Waals surface area contributed by atoms with Crippen LogP contribution >= 0.6 is 0 Å². The smallest absolute Gasteiger partial charge is 0.255 e. The first-order chi connectivity index (χ1) is 12.7. The number of rotatable bonds is 5. The molecule has 3 rings (SSSR count). The van der Waals surface area contributed by atoms with Gasteiger partial charge in [0.05, 0.1) is 10.5 Å². The first-order valence-electron chi connectivity index (χ1n) is 9.14. The summed E-state index contributed by atoms with van der Waals surface area (Å²) in [5.74, 6) is 0.0444. The van der Waals surface area contributed by atoms with Crippen LogP contribution in [0, 0.1) is 0 Å². The first-order valence-corrected chi connectivity index (χ1v) is 10.7. The third-order valence-corrected chi connectivity index (χ3v) is 5.93. The van der Waals surface area contributed by atoms with E-state index in [1.165, 1.54) is 12.1 Å². The topological polar surface area (TPSA) is 119 Å². The highest BCUT2D eigenvalue weighted by atomic mass is 32.2. The number of ether oxygens (including phenoxy) is 1. The number of hydrogen-bond acceptors (Lipinski definition) is 5. The van der Waals surface area contributed by atoms with E-state index < -0.39 is 15.9 Å². The normalized spacial score (nSPS) is 21.7. The highest BCUT2D eigenvalue weighted by molar-refractivity contribution is 7.89. The van der Waals surface area contributed by atoms with Crippen LogP contribution < -0.4 is 15.2 Å². The standard InChI is InChI=1S/C18H25N3O5S/c1-3-16(22)21-6-4-5-13(21)10-20-18(23)15-9-14(27(19,24)25)8-12-7-11(2)26-17(12)15/h8-9,11,13H,3-7,10H2,1-2H3,(H,20,23)(H2,19,24,25). The average molecular weight is 395 g/mol. The SMILES string of the molecule is CCC(=O)N1CCCC1CNC(=O)c1cc(S(N)(=O)=O)cc2c1OC(C)C2. The van der Waals surface area contributed by atoms with Crippen LogP contribution in [0.25, 0.3) is 0 Å². The number of nitrogens with one attached hydrogen (secondary N) is 1. The van der Waals surface area contributed by atoms with Gasteiger partial charge in [0.2, 0.25) is 15.9 Å². The van der Waals surface area contributed by atoms with Crippen LogP contribution in [0.3, 0.4) is 0 Å². The lowest BCUT2D eigenvalue weighted by atomic mass is 10.1. The van der Waals surface area contributed by atoms with Crippen molar-refractivity contribution in [2.45, 2.75) is 56.6 Å². The second-order valence-electron chi connectivity index (χ2n) is 7.08. The molecule has 2 aliphatic rings. The number of carbonyl (C=O) groups excluding carboxylic acids is 2. The summed E-state index contributed by atoms with van der Waals surface area (Å²) in [7, 11) is -3.94. The molecule has 2 heterocycles. The largest absolute Gasteiger partial charge is 0.489 e. The Morgan fingerprint density at radius 3 is 2.78 bits per heavy atom. The molecule has 2 aliphatic heterocycles. The van der Waals surface area contributed by atoms with E-state index in [4.69, 9.17) is 9.88 Å². The minimum Gasteiger partial charge on any atom is -0.489 e. The third kappa shape index (κ3) is 4.08. The van der Waals surface area contributed by atoms with E-state index in [1.807, 2.05) is 13.8 Å². The number of fused-ring (bicyclic) bond motifs is 1. The molecule has 2 unspecified atom stereocenters. The van der Waals surface area contributed by atoms with Crippen molar-refractivity contribution in [3.63, 3.8) is 0 Å². The van der Waals surface area contributed by atoms with Gasteiger partial charge in [-0.1, -0.05) is 6.92 Å². The van der Waals surface area contributed by atoms with E-state index in [-0.39, 0.29) is 28.5 Å². The maximum Gasteiger partial charge on any atom is 0.255 e. The van der Waals surface area contributed by atoms with Gasteiger partial charge in [-0.05, 0) is 37.5 Å². The van der Waals surface area contributed by atoms with Gasteiger partial charge in [0.15, 0.2) is 0 Å². The molecule has 0 spiro atoms. The van der Waals surface area contributed by atoms with Crippen molar-refractivity contribution in [1.82, 2.24) is 10.2 Å². The second-order valence-corrected chi connectivity index (χ2v) is 8.64. The first kappa shape index (κ1) is 19.6. The number of amides is 2. The molecule has 8 nitrogen and oxygen atoms in total. The van der Waals surface area contributed by atoms with Crippen LogP contribution in [0.2, 0.25) is 0 Å². The van der Waals surface area contributed by atoms with Crippen molar-refractivity contribution < 1.29 is 22.7 Å². The Labute approximate surface area is 159 Å². The molecule has 2 amide bonds. The minimum absolute atomic E-state index is 0.0456. The van der Waals surface area contributed by atoms with Gasteiger partial charge < -0.3 is 15.0 Å². The van der Waals surface area contributed by atoms with Gasteiger partial charge in [0.1, 0.15) is 11.9 Å². The molecule has 9 heteroatoms. The lowest BCUT2D eigenvalue weighted by Crippen LogP contribution is -2.43. The zero-order valence-electron chi connectivity index (χ0n) is 15.5. The highest BCUT2D eigenvalue weighted by Crippen LogP contribution is 2.35. The van der Waals surface area contributed by atoms with E-state index in [1.54, 1.807) is 4.90 Å². The number of carbonyl (C=O) groups is 2. The average Bonchev–Trinajstić information content (AvgIpc) is 3.22. The maximum absolute atomic E-state index is 12.8. The molecule has 1 saturated heterocycles. The summed E-state index contributed by atoms with van der Waals surface area (Å²) in [5.41, 5.74) is 0.815. The third-order valence-electron chi connectivity index (χ3n) is 5.04. The Morgan fingerprint density at radius 1 is 1.37 bits per heavy atom. The van der Waals surface area contributed by atoms with E-state index >= 15 is 0 Å². The highest BCUT2D eigenvalue weighted by Gasteiger charge is 2.31. The molecule has 0 aliphatic carbocycles. The summed E-state index contributed by atoms with van der Waals surface area (Å²) in [5, 5.41) is 8.07. The number of sulfonamides is 1. The van der Waals surface area contributed by atoms with Crippen molar-refractivity contribution in [2.24, 2.45) is 5.14 Å². The second kappa shape index (κ2) is 7.47. The van der Waals surface area contributed by atoms with Crippen molar-refractivity contribution in [3.8, 4) is 5.75 Å². The molecular formula is C18H25N3O5S. The van der Waals surface area contributed by atoms with Gasteiger partial charge in [0.25, 0.3) is 5.91 Å². The van der Waals surface area contributed by atoms with Gasteiger partial charge >= 0.3 is 0 Å². The molecule has 1 aromatic rings. The maximum atomic E-state index is 12.8. The molecule has 0 aromatic heterocycles. The van der Waals surface area contributed by atoms with Gasteiger partial charge in [-0.25, -0.2) is 13.6 Å². The summed E-state index contributed by atoms with van der Waals surface area (Å²) in [6.45, 7) is 4.68. The molecule has 0 bridgehead atoms. The molecular weight excluding hydrogens is 370 g/mol. The van der Waals surface area contributed by atoms with Crippen molar-refractivity contribution in [2.75, 3.05) is 13.1 Å². The fourth-order valence-electron chi connectivity index (χ4n) is 3.72. The Morgan fingerprint density at radius 2 is 2.11 bits per heavy atom. The molecule has 2 atom stereocenters. The Hall–Kier alpha value is -2.13. The van der Waals surface area contributed by atoms with Crippen molar-refractivity contribution >= 4 is 21.8 Å². The predicted octanol–water partition coefficient (Wildman–Crippen LogP) is 0.788. The van der Waals surface area contributed by atoms with E-state index in [9.17, 15) is 18.0 Å². The molecule has 27 heavy (non-hydrogen) atoms. The summed E-state index contributed by atoms with van der Waals surface area (Å²) >= 11 is 0. The van der Waals surface area contributed by atoms with Gasteiger partial charge in [-0.15, -0.1) is 0 Å². The monoisotopic (exact) mass is 395 g/mol. The Kier molecular flexibility index (Phi) is 5.43. The Bertz CT molecular complexity index is 868. The van der Waals surface area contributed by atoms with Gasteiger partial charge in [-0.3, -0.25) is 9.59 Å². The molecule has 148 valence electrons. The predicted molar refractivity (Wildman–Crippen MR) is 99.0 cm³/mol. The summed E-state index contributed by atoms with van der Waals surface area (Å²) < 4.78 is 29.3. The van der Waals surface area contributed by atoms with Crippen LogP contribution in [0.15, 0.2) is 17.0 Å². The van der Waals surface area contributed by atoms with Crippen molar-refractivity contribution in [3.05, 3.63) is 23.3 Å². The van der Waals surface area contributed by atoms with E-state index in [2.05, 4.69) is 5.32 Å². The number of nitrogens with two attached hydrogens (primary N) is 1. The summed E-state index contributed by atoms with van der Waals surface area (Å²) in [6, 6.07) is 2.67. The van der Waals surface area contributed by atoms with E-state index in [0.29, 0.717) is 37.2 Å². The molecule has 3 N–H and O–H groups in total. The summed E-state index contributed by atoms with van der Waals surface area (Å²) in [6.07, 6.45) is 2.54. The number of benzene rings is 1. The fraction of sp³-hybridized carbons (Fsp3) is 0.556. The van der Waals surface area contributed by atoms with Crippen molar-refractivity contribution in [1.29, 1.82) is 0 Å². The molecule has 1 aromatic carbocycles. The van der Waals surface area contributed by atoms with Crippen LogP contribution in [0.4, 0.5) is 0 Å². The van der Waals surface area contributed by atoms with Crippen LogP contribution in [0.5, 0.6) is 5.75 Å². The van der Waals surface area contributed by atoms with E-state index in [0.717, 1.165) is 12.8 Å². The summed E-state index contributed by atoms with van der Waals surface area (Å²) in [4.78, 5) is 26.5. The molecule has 1 fully saturated rings. The van der Waals surface area contributed by atoms with Gasteiger partial charge in [-0.2, -0.15) is 0 Å². The van der Waals surface area contributed by atoms with Crippen LogP contribution in [0.1, 0.15) is 49.0 Å². The molecule has 0 radical (unpaired) electrons. The van der Waals surface area contributed by atoms with Crippen LogP contribution in [-0.4, -0.2) is 50.4 Å².